The fourth-order valence-corrected chi connectivity index (χ4v) is 2.88. The first-order valence-electron chi connectivity index (χ1n) is 8.00. The van der Waals surface area contributed by atoms with E-state index in [2.05, 4.69) is 10.3 Å². The molecule has 6 heteroatoms. The average Bonchev–Trinajstić information content (AvgIpc) is 3.07. The second-order valence-corrected chi connectivity index (χ2v) is 6.35. The van der Waals surface area contributed by atoms with Crippen molar-refractivity contribution in [3.63, 3.8) is 0 Å². The highest BCUT2D eigenvalue weighted by Gasteiger charge is 2.05. The number of para-hydroxylation sites is 1. The van der Waals surface area contributed by atoms with E-state index >= 15 is 0 Å². The van der Waals surface area contributed by atoms with Gasteiger partial charge in [-0.1, -0.05) is 30.3 Å². The molecule has 0 bridgehead atoms. The fraction of sp³-hybridized carbons (Fsp3) is 0.158. The van der Waals surface area contributed by atoms with Gasteiger partial charge in [-0.25, -0.2) is 4.98 Å². The number of thiazole rings is 1. The van der Waals surface area contributed by atoms with Gasteiger partial charge in [-0.15, -0.1) is 11.3 Å². The number of hydrogen-bond acceptors (Lipinski definition) is 5. The Morgan fingerprint density at radius 2 is 1.88 bits per heavy atom. The number of nitrogens with one attached hydrogen (secondary N) is 1. The van der Waals surface area contributed by atoms with Crippen LogP contribution in [-0.2, 0) is 4.79 Å². The molecule has 1 amide bonds. The van der Waals surface area contributed by atoms with Crippen molar-refractivity contribution in [2.75, 3.05) is 17.7 Å². The SMILES string of the molecule is Nc1nc(-c2ccc(NC(=O)CCCOc3ccccc3)cc2)cs1. The van der Waals surface area contributed by atoms with Crippen molar-refractivity contribution in [2.45, 2.75) is 12.8 Å². The Bertz CT molecular complexity index is 816. The van der Waals surface area contributed by atoms with Crippen LogP contribution in [0.4, 0.5) is 10.8 Å². The van der Waals surface area contributed by atoms with Gasteiger partial charge in [0.15, 0.2) is 5.13 Å². The quantitative estimate of drug-likeness (QED) is 0.624. The lowest BCUT2D eigenvalue weighted by Crippen LogP contribution is -2.12. The fourth-order valence-electron chi connectivity index (χ4n) is 2.31. The van der Waals surface area contributed by atoms with Gasteiger partial charge in [-0.2, -0.15) is 0 Å². The first kappa shape index (κ1) is 17.0. The second kappa shape index (κ2) is 8.30. The molecular formula is C19H19N3O2S. The number of nitrogens with two attached hydrogens (primary N) is 1. The number of anilines is 2. The van der Waals surface area contributed by atoms with E-state index < -0.39 is 0 Å². The summed E-state index contributed by atoms with van der Waals surface area (Å²) >= 11 is 1.41. The largest absolute Gasteiger partial charge is 0.494 e. The predicted octanol–water partition coefficient (Wildman–Crippen LogP) is 4.19. The molecule has 0 atom stereocenters. The summed E-state index contributed by atoms with van der Waals surface area (Å²) in [6.45, 7) is 0.515. The molecule has 0 fully saturated rings. The lowest BCUT2D eigenvalue weighted by atomic mass is 10.1. The highest BCUT2D eigenvalue weighted by Crippen LogP contribution is 2.24. The normalized spacial score (nSPS) is 10.4. The van der Waals surface area contributed by atoms with E-state index in [9.17, 15) is 4.79 Å². The molecule has 0 aliphatic rings. The van der Waals surface area contributed by atoms with Gasteiger partial charge in [0.05, 0.1) is 12.3 Å². The summed E-state index contributed by atoms with van der Waals surface area (Å²) in [7, 11) is 0. The molecule has 0 unspecified atom stereocenters. The average molecular weight is 353 g/mol. The third-order valence-corrected chi connectivity index (χ3v) is 4.22. The van der Waals surface area contributed by atoms with Gasteiger partial charge >= 0.3 is 0 Å². The third kappa shape index (κ3) is 5.06. The molecule has 0 aliphatic carbocycles. The monoisotopic (exact) mass is 353 g/mol. The zero-order valence-electron chi connectivity index (χ0n) is 13.6. The third-order valence-electron chi connectivity index (χ3n) is 3.55. The smallest absolute Gasteiger partial charge is 0.224 e. The number of carbonyl (C=O) groups is 1. The van der Waals surface area contributed by atoms with Crippen molar-refractivity contribution in [3.05, 3.63) is 60.0 Å². The van der Waals surface area contributed by atoms with Gasteiger partial charge in [-0.05, 0) is 30.7 Å². The molecule has 2 aromatic carbocycles. The molecule has 0 aliphatic heterocycles. The molecule has 0 spiro atoms. The maximum atomic E-state index is 12.0. The summed E-state index contributed by atoms with van der Waals surface area (Å²) in [4.78, 5) is 16.2. The summed E-state index contributed by atoms with van der Waals surface area (Å²) in [5.74, 6) is 0.795. The molecule has 3 aromatic rings. The minimum Gasteiger partial charge on any atom is -0.494 e. The van der Waals surface area contributed by atoms with Crippen molar-refractivity contribution in [3.8, 4) is 17.0 Å². The Hall–Kier alpha value is -2.86. The van der Waals surface area contributed by atoms with Crippen LogP contribution in [0.3, 0.4) is 0 Å². The number of ether oxygens (including phenoxy) is 1. The Kier molecular flexibility index (Phi) is 5.64. The van der Waals surface area contributed by atoms with E-state index in [0.29, 0.717) is 24.6 Å². The van der Waals surface area contributed by atoms with Crippen LogP contribution >= 0.6 is 11.3 Å². The maximum Gasteiger partial charge on any atom is 0.224 e. The standard InChI is InChI=1S/C19H19N3O2S/c20-19-22-17(13-25-19)14-8-10-15(11-9-14)21-18(23)7-4-12-24-16-5-2-1-3-6-16/h1-3,5-6,8-11,13H,4,7,12H2,(H2,20,22)(H,21,23). The summed E-state index contributed by atoms with van der Waals surface area (Å²) in [5.41, 5.74) is 8.23. The van der Waals surface area contributed by atoms with E-state index in [4.69, 9.17) is 10.5 Å². The molecule has 0 radical (unpaired) electrons. The lowest BCUT2D eigenvalue weighted by Gasteiger charge is -2.07. The number of hydrogen-bond donors (Lipinski definition) is 2. The summed E-state index contributed by atoms with van der Waals surface area (Å²) in [6, 6.07) is 17.2. The van der Waals surface area contributed by atoms with Gasteiger partial charge in [0, 0.05) is 23.1 Å². The summed E-state index contributed by atoms with van der Waals surface area (Å²) in [6.07, 6.45) is 1.08. The van der Waals surface area contributed by atoms with E-state index in [-0.39, 0.29) is 5.91 Å². The highest BCUT2D eigenvalue weighted by molar-refractivity contribution is 7.13. The highest BCUT2D eigenvalue weighted by atomic mass is 32.1. The molecule has 3 rings (SSSR count). The Labute approximate surface area is 150 Å². The first-order valence-corrected chi connectivity index (χ1v) is 8.88. The van der Waals surface area contributed by atoms with E-state index in [0.717, 1.165) is 22.7 Å². The molecule has 1 heterocycles. The van der Waals surface area contributed by atoms with Crippen LogP contribution in [0.25, 0.3) is 11.3 Å². The Morgan fingerprint density at radius 3 is 2.56 bits per heavy atom. The first-order chi connectivity index (χ1) is 12.2. The topological polar surface area (TPSA) is 77.2 Å². The number of aromatic nitrogens is 1. The van der Waals surface area contributed by atoms with Gasteiger partial charge in [0.25, 0.3) is 0 Å². The van der Waals surface area contributed by atoms with Crippen LogP contribution in [-0.4, -0.2) is 17.5 Å². The number of rotatable bonds is 7. The van der Waals surface area contributed by atoms with Crippen LogP contribution in [0.5, 0.6) is 5.75 Å². The number of nitrogens with zero attached hydrogens (tertiary/aromatic N) is 1. The number of benzene rings is 2. The second-order valence-electron chi connectivity index (χ2n) is 5.46. The zero-order chi connectivity index (χ0) is 17.5. The molecule has 5 nitrogen and oxygen atoms in total. The molecule has 1 aromatic heterocycles. The summed E-state index contributed by atoms with van der Waals surface area (Å²) < 4.78 is 5.58. The van der Waals surface area contributed by atoms with Crippen LogP contribution in [0.2, 0.25) is 0 Å². The van der Waals surface area contributed by atoms with E-state index in [1.165, 1.54) is 11.3 Å². The molecule has 3 N–H and O–H groups in total. The molecule has 25 heavy (non-hydrogen) atoms. The Morgan fingerprint density at radius 1 is 1.12 bits per heavy atom. The van der Waals surface area contributed by atoms with Crippen LogP contribution < -0.4 is 15.8 Å². The van der Waals surface area contributed by atoms with E-state index in [1.54, 1.807) is 0 Å². The van der Waals surface area contributed by atoms with E-state index in [1.807, 2.05) is 60.0 Å². The van der Waals surface area contributed by atoms with Gasteiger partial charge < -0.3 is 15.8 Å². The van der Waals surface area contributed by atoms with Crippen LogP contribution in [0.15, 0.2) is 60.0 Å². The lowest BCUT2D eigenvalue weighted by molar-refractivity contribution is -0.116. The van der Waals surface area contributed by atoms with Gasteiger partial charge in [0.2, 0.25) is 5.91 Å². The van der Waals surface area contributed by atoms with Gasteiger partial charge in [-0.3, -0.25) is 4.79 Å². The van der Waals surface area contributed by atoms with Crippen molar-refractivity contribution in [1.82, 2.24) is 4.98 Å². The zero-order valence-corrected chi connectivity index (χ0v) is 14.5. The number of amides is 1. The minimum atomic E-state index is -0.0256. The summed E-state index contributed by atoms with van der Waals surface area (Å²) in [5, 5.41) is 5.35. The Balaban J connectivity index is 1.43. The van der Waals surface area contributed by atoms with Crippen molar-refractivity contribution in [1.29, 1.82) is 0 Å². The molecule has 128 valence electrons. The van der Waals surface area contributed by atoms with Crippen LogP contribution in [0, 0.1) is 0 Å². The minimum absolute atomic E-state index is 0.0256. The molecule has 0 saturated carbocycles. The van der Waals surface area contributed by atoms with Crippen molar-refractivity contribution >= 4 is 28.1 Å². The van der Waals surface area contributed by atoms with Crippen molar-refractivity contribution in [2.24, 2.45) is 0 Å². The van der Waals surface area contributed by atoms with Gasteiger partial charge in [0.1, 0.15) is 5.75 Å². The molecular weight excluding hydrogens is 334 g/mol. The molecule has 0 saturated heterocycles. The van der Waals surface area contributed by atoms with Crippen LogP contribution in [0.1, 0.15) is 12.8 Å². The number of nitrogen functional groups attached to an aromatic ring is 1. The maximum absolute atomic E-state index is 12.0. The predicted molar refractivity (Wildman–Crippen MR) is 102 cm³/mol. The van der Waals surface area contributed by atoms with Crippen molar-refractivity contribution < 1.29 is 9.53 Å². The number of carbonyl (C=O) groups excluding carboxylic acids is 1.